The van der Waals surface area contributed by atoms with Crippen LogP contribution >= 0.6 is 0 Å². The predicted molar refractivity (Wildman–Crippen MR) is 73.0 cm³/mol. The molecule has 1 saturated heterocycles. The van der Waals surface area contributed by atoms with Gasteiger partial charge in [-0.05, 0) is 24.6 Å². The van der Waals surface area contributed by atoms with Gasteiger partial charge in [-0.15, -0.1) is 0 Å². The zero-order valence-corrected chi connectivity index (χ0v) is 10.7. The zero-order valence-electron chi connectivity index (χ0n) is 10.7. The number of amidine groups is 1. The predicted octanol–water partition coefficient (Wildman–Crippen LogP) is 2.50. The highest BCUT2D eigenvalue weighted by Crippen LogP contribution is 2.17. The molecule has 1 aliphatic rings. The first-order valence-electron chi connectivity index (χ1n) is 6.34. The molecule has 0 bridgehead atoms. The van der Waals surface area contributed by atoms with Crippen molar-refractivity contribution in [1.82, 2.24) is 4.90 Å². The van der Waals surface area contributed by atoms with Crippen LogP contribution in [0.5, 0.6) is 0 Å². The summed E-state index contributed by atoms with van der Waals surface area (Å²) in [5, 5.41) is 7.84. The Hall–Kier alpha value is -1.51. The third-order valence-electron chi connectivity index (χ3n) is 3.36. The molecule has 0 radical (unpaired) electrons. The summed E-state index contributed by atoms with van der Waals surface area (Å²) in [6, 6.07) is 8.66. The van der Waals surface area contributed by atoms with E-state index < -0.39 is 0 Å². The number of nitrogens with zero attached hydrogens (tertiary/aromatic N) is 2. The molecule has 1 heterocycles. The van der Waals surface area contributed by atoms with Gasteiger partial charge in [0, 0.05) is 38.3 Å². The van der Waals surface area contributed by atoms with Crippen LogP contribution in [-0.4, -0.2) is 36.9 Å². The second kappa shape index (κ2) is 5.21. The Labute approximate surface area is 104 Å². The minimum absolute atomic E-state index is 0.772. The van der Waals surface area contributed by atoms with Crippen molar-refractivity contribution in [2.75, 3.05) is 31.1 Å². The molecule has 1 N–H and O–H groups in total. The lowest BCUT2D eigenvalue weighted by Crippen LogP contribution is -2.48. The van der Waals surface area contributed by atoms with Crippen LogP contribution in [0.1, 0.15) is 18.9 Å². The molecule has 0 saturated carbocycles. The number of anilines is 1. The highest BCUT2D eigenvalue weighted by Gasteiger charge is 2.18. The molecule has 0 atom stereocenters. The van der Waals surface area contributed by atoms with Crippen LogP contribution in [0.15, 0.2) is 24.3 Å². The maximum absolute atomic E-state index is 7.84. The SMILES string of the molecule is CCC(=N)N1CCN(c2cccc(C)c2)CC1. The van der Waals surface area contributed by atoms with Crippen LogP contribution in [-0.2, 0) is 0 Å². The maximum atomic E-state index is 7.84. The molecular weight excluding hydrogens is 210 g/mol. The number of aryl methyl sites for hydroxylation is 1. The van der Waals surface area contributed by atoms with Crippen LogP contribution in [0.25, 0.3) is 0 Å². The van der Waals surface area contributed by atoms with Gasteiger partial charge in [0.25, 0.3) is 0 Å². The van der Waals surface area contributed by atoms with Crippen molar-refractivity contribution < 1.29 is 0 Å². The summed E-state index contributed by atoms with van der Waals surface area (Å²) in [5.74, 6) is 0.772. The van der Waals surface area contributed by atoms with Gasteiger partial charge in [0.1, 0.15) is 0 Å². The lowest BCUT2D eigenvalue weighted by Gasteiger charge is -2.37. The summed E-state index contributed by atoms with van der Waals surface area (Å²) in [6.07, 6.45) is 0.838. The number of hydrogen-bond acceptors (Lipinski definition) is 2. The van der Waals surface area contributed by atoms with Gasteiger partial charge >= 0.3 is 0 Å². The summed E-state index contributed by atoms with van der Waals surface area (Å²) >= 11 is 0. The molecule has 1 aromatic carbocycles. The first-order valence-corrected chi connectivity index (χ1v) is 6.34. The van der Waals surface area contributed by atoms with Gasteiger partial charge in [-0.1, -0.05) is 19.1 Å². The Balaban J connectivity index is 1.97. The highest BCUT2D eigenvalue weighted by atomic mass is 15.3. The normalized spacial score (nSPS) is 16.1. The van der Waals surface area contributed by atoms with Gasteiger partial charge < -0.3 is 9.80 Å². The van der Waals surface area contributed by atoms with Crippen LogP contribution in [0.4, 0.5) is 5.69 Å². The molecule has 1 fully saturated rings. The molecule has 0 aromatic heterocycles. The minimum Gasteiger partial charge on any atom is -0.368 e. The second-order valence-electron chi connectivity index (χ2n) is 4.61. The molecule has 0 aliphatic carbocycles. The molecule has 3 nitrogen and oxygen atoms in total. The van der Waals surface area contributed by atoms with Crippen molar-refractivity contribution in [2.45, 2.75) is 20.3 Å². The quantitative estimate of drug-likeness (QED) is 0.626. The number of rotatable bonds is 2. The van der Waals surface area contributed by atoms with E-state index in [1.807, 2.05) is 0 Å². The third kappa shape index (κ3) is 2.78. The highest BCUT2D eigenvalue weighted by molar-refractivity contribution is 5.79. The van der Waals surface area contributed by atoms with Crippen molar-refractivity contribution in [2.24, 2.45) is 0 Å². The first-order chi connectivity index (χ1) is 8.20. The lowest BCUT2D eigenvalue weighted by atomic mass is 10.2. The summed E-state index contributed by atoms with van der Waals surface area (Å²) in [7, 11) is 0. The number of piperazine rings is 1. The molecule has 0 amide bonds. The lowest BCUT2D eigenvalue weighted by molar-refractivity contribution is 0.377. The summed E-state index contributed by atoms with van der Waals surface area (Å²) < 4.78 is 0. The van der Waals surface area contributed by atoms with Crippen molar-refractivity contribution >= 4 is 11.5 Å². The van der Waals surface area contributed by atoms with Gasteiger partial charge in [-0.2, -0.15) is 0 Å². The second-order valence-corrected chi connectivity index (χ2v) is 4.61. The zero-order chi connectivity index (χ0) is 12.3. The van der Waals surface area contributed by atoms with E-state index in [-0.39, 0.29) is 0 Å². The molecule has 1 aliphatic heterocycles. The average Bonchev–Trinajstić information content (AvgIpc) is 2.38. The fraction of sp³-hybridized carbons (Fsp3) is 0.500. The molecule has 17 heavy (non-hydrogen) atoms. The maximum Gasteiger partial charge on any atom is 0.0956 e. The Morgan fingerprint density at radius 1 is 1.24 bits per heavy atom. The fourth-order valence-electron chi connectivity index (χ4n) is 2.28. The van der Waals surface area contributed by atoms with E-state index >= 15 is 0 Å². The van der Waals surface area contributed by atoms with Crippen LogP contribution in [0, 0.1) is 12.3 Å². The van der Waals surface area contributed by atoms with Crippen LogP contribution in [0.2, 0.25) is 0 Å². The van der Waals surface area contributed by atoms with E-state index in [0.717, 1.165) is 38.4 Å². The minimum atomic E-state index is 0.772. The Morgan fingerprint density at radius 2 is 1.94 bits per heavy atom. The Morgan fingerprint density at radius 3 is 2.53 bits per heavy atom. The van der Waals surface area contributed by atoms with Gasteiger partial charge in [0.15, 0.2) is 0 Å². The van der Waals surface area contributed by atoms with Crippen LogP contribution in [0.3, 0.4) is 0 Å². The van der Waals surface area contributed by atoms with Gasteiger partial charge in [-0.3, -0.25) is 5.41 Å². The van der Waals surface area contributed by atoms with Crippen molar-refractivity contribution in [3.8, 4) is 0 Å². The van der Waals surface area contributed by atoms with E-state index in [4.69, 9.17) is 5.41 Å². The molecule has 0 spiro atoms. The van der Waals surface area contributed by atoms with E-state index in [1.165, 1.54) is 11.3 Å². The largest absolute Gasteiger partial charge is 0.368 e. The summed E-state index contributed by atoms with van der Waals surface area (Å²) in [4.78, 5) is 4.60. The fourth-order valence-corrected chi connectivity index (χ4v) is 2.28. The van der Waals surface area contributed by atoms with E-state index in [0.29, 0.717) is 0 Å². The third-order valence-corrected chi connectivity index (χ3v) is 3.36. The van der Waals surface area contributed by atoms with E-state index in [9.17, 15) is 0 Å². The van der Waals surface area contributed by atoms with Crippen LogP contribution < -0.4 is 4.90 Å². The van der Waals surface area contributed by atoms with E-state index in [2.05, 4.69) is 47.9 Å². The molecular formula is C14H21N3. The van der Waals surface area contributed by atoms with Crippen molar-refractivity contribution in [3.05, 3.63) is 29.8 Å². The van der Waals surface area contributed by atoms with Gasteiger partial charge in [-0.25, -0.2) is 0 Å². The van der Waals surface area contributed by atoms with E-state index in [1.54, 1.807) is 0 Å². The molecule has 0 unspecified atom stereocenters. The molecule has 3 heteroatoms. The number of hydrogen-bond donors (Lipinski definition) is 1. The summed E-state index contributed by atoms with van der Waals surface area (Å²) in [5.41, 5.74) is 2.62. The van der Waals surface area contributed by atoms with Gasteiger partial charge in [0.05, 0.1) is 5.84 Å². The standard InChI is InChI=1S/C14H21N3/c1-3-14(15)17-9-7-16(8-10-17)13-6-4-5-12(2)11-13/h4-6,11,15H,3,7-10H2,1-2H3. The van der Waals surface area contributed by atoms with Gasteiger partial charge in [0.2, 0.25) is 0 Å². The van der Waals surface area contributed by atoms with Crippen molar-refractivity contribution in [1.29, 1.82) is 5.41 Å². The number of nitrogens with one attached hydrogen (secondary N) is 1. The topological polar surface area (TPSA) is 30.3 Å². The first kappa shape index (κ1) is 12.0. The summed E-state index contributed by atoms with van der Waals surface area (Å²) in [6.45, 7) is 8.17. The smallest absolute Gasteiger partial charge is 0.0956 e. The Bertz CT molecular complexity index is 392. The Kier molecular flexibility index (Phi) is 3.67. The molecule has 2 rings (SSSR count). The number of benzene rings is 1. The average molecular weight is 231 g/mol. The molecule has 1 aromatic rings. The van der Waals surface area contributed by atoms with Crippen molar-refractivity contribution in [3.63, 3.8) is 0 Å². The molecule has 92 valence electrons. The monoisotopic (exact) mass is 231 g/mol.